The highest BCUT2D eigenvalue weighted by molar-refractivity contribution is 5.76. The molecule has 208 valence electrons. The lowest BCUT2D eigenvalue weighted by atomic mass is 10.1. The zero-order valence-corrected chi connectivity index (χ0v) is 21.4. The third-order valence-electron chi connectivity index (χ3n) is 7.06. The number of alkyl halides is 3. The zero-order chi connectivity index (χ0) is 28.3. The van der Waals surface area contributed by atoms with Crippen molar-refractivity contribution in [3.05, 3.63) is 81.7 Å². The number of ether oxygens (including phenoxy) is 1. The molecule has 3 aromatic heterocycles. The Bertz CT molecular complexity index is 1460. The first-order valence-corrected chi connectivity index (χ1v) is 12.7. The lowest BCUT2D eigenvalue weighted by Gasteiger charge is -2.35. The monoisotopic (exact) mass is 553 g/mol. The molecular weight excluding hydrogens is 527 g/mol. The molecule has 10 nitrogen and oxygen atoms in total. The second kappa shape index (κ2) is 11.4. The minimum atomic E-state index is -4.84. The highest BCUT2D eigenvalue weighted by atomic mass is 19.4. The Balaban J connectivity index is 1.18. The number of rotatable bonds is 7. The number of hydrogen-bond acceptors (Lipinski definition) is 8. The molecule has 40 heavy (non-hydrogen) atoms. The summed E-state index contributed by atoms with van der Waals surface area (Å²) in [5, 5.41) is 8.93. The van der Waals surface area contributed by atoms with Gasteiger partial charge in [-0.3, -0.25) is 14.6 Å². The van der Waals surface area contributed by atoms with Gasteiger partial charge in [0, 0.05) is 51.3 Å². The number of H-pyrrole nitrogens is 1. The van der Waals surface area contributed by atoms with Gasteiger partial charge < -0.3 is 24.4 Å². The summed E-state index contributed by atoms with van der Waals surface area (Å²) >= 11 is 0. The Morgan fingerprint density at radius 3 is 2.65 bits per heavy atom. The fourth-order valence-electron chi connectivity index (χ4n) is 5.07. The Labute approximate surface area is 227 Å². The van der Waals surface area contributed by atoms with E-state index in [9.17, 15) is 22.8 Å². The zero-order valence-electron chi connectivity index (χ0n) is 21.4. The molecule has 13 heteroatoms. The second-order valence-corrected chi connectivity index (χ2v) is 9.47. The minimum Gasteiger partial charge on any atom is -0.378 e. The van der Waals surface area contributed by atoms with Crippen LogP contribution in [0.25, 0.3) is 0 Å². The first-order valence-electron chi connectivity index (χ1n) is 12.7. The first kappa shape index (κ1) is 27.1. The normalized spacial score (nSPS) is 17.1. The van der Waals surface area contributed by atoms with Crippen LogP contribution in [0.5, 0.6) is 0 Å². The number of nitriles is 1. The molecule has 2 aliphatic rings. The number of amides is 1. The van der Waals surface area contributed by atoms with E-state index in [0.717, 1.165) is 11.4 Å². The van der Waals surface area contributed by atoms with Gasteiger partial charge in [0.1, 0.15) is 17.5 Å². The van der Waals surface area contributed by atoms with Gasteiger partial charge in [0.05, 0.1) is 42.6 Å². The number of fused-ring (bicyclic) bond motifs is 1. The van der Waals surface area contributed by atoms with E-state index in [1.54, 1.807) is 35.4 Å². The highest BCUT2D eigenvalue weighted by Crippen LogP contribution is 2.41. The molecule has 0 spiro atoms. The van der Waals surface area contributed by atoms with Crippen LogP contribution in [0.15, 0.2) is 53.7 Å². The third-order valence-corrected chi connectivity index (χ3v) is 7.06. The van der Waals surface area contributed by atoms with Crippen molar-refractivity contribution in [2.24, 2.45) is 0 Å². The maximum Gasteiger partial charge on any atom is 0.423 e. The Morgan fingerprint density at radius 1 is 1.15 bits per heavy atom. The Morgan fingerprint density at radius 2 is 1.95 bits per heavy atom. The topological polar surface area (TPSA) is 118 Å². The largest absolute Gasteiger partial charge is 0.423 e. The van der Waals surface area contributed by atoms with E-state index in [1.165, 1.54) is 23.4 Å². The number of carbonyl (C=O) groups is 1. The molecule has 0 bridgehead atoms. The predicted octanol–water partition coefficient (Wildman–Crippen LogP) is 2.87. The number of anilines is 2. The van der Waals surface area contributed by atoms with Gasteiger partial charge in [0.25, 0.3) is 5.56 Å². The van der Waals surface area contributed by atoms with E-state index in [4.69, 9.17) is 10.00 Å². The van der Waals surface area contributed by atoms with Gasteiger partial charge in [0.2, 0.25) is 5.91 Å². The maximum atomic E-state index is 13.8. The molecule has 1 fully saturated rings. The van der Waals surface area contributed by atoms with Crippen molar-refractivity contribution in [3.8, 4) is 6.07 Å². The lowest BCUT2D eigenvalue weighted by molar-refractivity contribution is -0.138. The summed E-state index contributed by atoms with van der Waals surface area (Å²) in [4.78, 5) is 41.0. The van der Waals surface area contributed by atoms with Crippen molar-refractivity contribution >= 4 is 17.4 Å². The summed E-state index contributed by atoms with van der Waals surface area (Å²) in [5.41, 5.74) is -0.915. The molecule has 1 N–H and O–H groups in total. The average molecular weight is 554 g/mol. The van der Waals surface area contributed by atoms with Crippen LogP contribution in [0.1, 0.15) is 34.8 Å². The number of nitrogens with one attached hydrogen (secondary N) is 1. The molecule has 0 radical (unpaired) electrons. The number of carbonyl (C=O) groups excluding carboxylic acids is 1. The molecule has 5 rings (SSSR count). The summed E-state index contributed by atoms with van der Waals surface area (Å²) in [5.74, 6) is 0.668. The van der Waals surface area contributed by atoms with Crippen LogP contribution in [0, 0.1) is 11.3 Å². The van der Waals surface area contributed by atoms with Crippen LogP contribution in [0.4, 0.5) is 24.7 Å². The summed E-state index contributed by atoms with van der Waals surface area (Å²) in [6.45, 7) is 2.45. The van der Waals surface area contributed by atoms with E-state index in [-0.39, 0.29) is 37.8 Å². The van der Waals surface area contributed by atoms with Crippen molar-refractivity contribution in [1.29, 1.82) is 5.26 Å². The van der Waals surface area contributed by atoms with Crippen molar-refractivity contribution in [1.82, 2.24) is 19.9 Å². The molecule has 2 aliphatic heterocycles. The second-order valence-electron chi connectivity index (χ2n) is 9.47. The van der Waals surface area contributed by atoms with Crippen molar-refractivity contribution in [2.45, 2.75) is 25.2 Å². The van der Waals surface area contributed by atoms with Gasteiger partial charge in [-0.25, -0.2) is 4.98 Å². The SMILES string of the molecule is N#Cc1ccc(N2CCN(C(=O)CCOC[C@H]3c4ncccc4CN3c3cc[nH]c(=O)c3C(F)(F)F)CC2)nc1. The fourth-order valence-corrected chi connectivity index (χ4v) is 5.07. The predicted molar refractivity (Wildman–Crippen MR) is 138 cm³/mol. The third kappa shape index (κ3) is 5.62. The summed E-state index contributed by atoms with van der Waals surface area (Å²) in [7, 11) is 0. The van der Waals surface area contributed by atoms with Gasteiger partial charge >= 0.3 is 6.18 Å². The van der Waals surface area contributed by atoms with Crippen molar-refractivity contribution in [3.63, 3.8) is 0 Å². The van der Waals surface area contributed by atoms with E-state index in [0.29, 0.717) is 37.4 Å². The lowest BCUT2D eigenvalue weighted by Crippen LogP contribution is -2.49. The Hall–Kier alpha value is -4.44. The van der Waals surface area contributed by atoms with Crippen LogP contribution in [0.2, 0.25) is 0 Å². The van der Waals surface area contributed by atoms with Crippen LogP contribution < -0.4 is 15.4 Å². The number of piperazine rings is 1. The first-order chi connectivity index (χ1) is 19.3. The van der Waals surface area contributed by atoms with Gasteiger partial charge in [-0.15, -0.1) is 0 Å². The van der Waals surface area contributed by atoms with Crippen LogP contribution in [-0.2, 0) is 22.3 Å². The molecule has 0 aliphatic carbocycles. The number of halogens is 3. The van der Waals surface area contributed by atoms with Crippen molar-refractivity contribution < 1.29 is 22.7 Å². The van der Waals surface area contributed by atoms with Gasteiger partial charge in [0.15, 0.2) is 0 Å². The quantitative estimate of drug-likeness (QED) is 0.444. The molecule has 0 aromatic carbocycles. The van der Waals surface area contributed by atoms with Crippen LogP contribution >= 0.6 is 0 Å². The standard InChI is InChI=1S/C27H26F3N7O3/c28-27(29,30)24-20(5-8-33-26(24)39)37-16-19-2-1-7-32-25(19)21(37)17-40-13-6-23(38)36-11-9-35(10-12-36)22-4-3-18(14-31)15-34-22/h1-5,7-8,15,21H,6,9-13,16-17H2,(H,33,39)/t21-/m0/s1. The van der Waals surface area contributed by atoms with E-state index >= 15 is 0 Å². The highest BCUT2D eigenvalue weighted by Gasteiger charge is 2.41. The van der Waals surface area contributed by atoms with Gasteiger partial charge in [-0.1, -0.05) is 6.07 Å². The molecule has 1 atom stereocenters. The molecule has 1 saturated heterocycles. The Kier molecular flexibility index (Phi) is 7.70. The van der Waals surface area contributed by atoms with Gasteiger partial charge in [-0.05, 0) is 29.8 Å². The molecule has 5 heterocycles. The van der Waals surface area contributed by atoms with E-state index < -0.39 is 23.3 Å². The fraction of sp³-hybridized carbons (Fsp3) is 0.370. The van der Waals surface area contributed by atoms with E-state index in [1.807, 2.05) is 11.0 Å². The van der Waals surface area contributed by atoms with E-state index in [2.05, 4.69) is 15.0 Å². The van der Waals surface area contributed by atoms with Gasteiger partial charge in [-0.2, -0.15) is 18.4 Å². The summed E-state index contributed by atoms with van der Waals surface area (Å²) in [6.07, 6.45) is -0.449. The number of nitrogens with zero attached hydrogens (tertiary/aromatic N) is 6. The molecule has 3 aromatic rings. The maximum absolute atomic E-state index is 13.8. The van der Waals surface area contributed by atoms with Crippen LogP contribution in [0.3, 0.4) is 0 Å². The number of hydrogen-bond donors (Lipinski definition) is 1. The molecular formula is C27H26F3N7O3. The molecule has 1 amide bonds. The smallest absolute Gasteiger partial charge is 0.378 e. The minimum absolute atomic E-state index is 0.000467. The molecule has 0 saturated carbocycles. The number of pyridine rings is 3. The summed E-state index contributed by atoms with van der Waals surface area (Å²) < 4.78 is 47.2. The summed E-state index contributed by atoms with van der Waals surface area (Å²) in [6, 6.07) is 9.60. The number of aromatic nitrogens is 3. The number of aromatic amines is 1. The van der Waals surface area contributed by atoms with Crippen LogP contribution in [-0.4, -0.2) is 65.2 Å². The molecule has 0 unspecified atom stereocenters. The average Bonchev–Trinajstić information content (AvgIpc) is 3.33. The van der Waals surface area contributed by atoms with Crippen molar-refractivity contribution in [2.75, 3.05) is 49.2 Å².